The van der Waals surface area contributed by atoms with Crippen LogP contribution in [-0.4, -0.2) is 12.1 Å². The van der Waals surface area contributed by atoms with Crippen molar-refractivity contribution >= 4 is 16.7 Å². The van der Waals surface area contributed by atoms with E-state index in [1.807, 2.05) is 24.3 Å². The van der Waals surface area contributed by atoms with Crippen molar-refractivity contribution < 1.29 is 18.0 Å². The van der Waals surface area contributed by atoms with Crippen molar-refractivity contribution in [1.29, 1.82) is 0 Å². The van der Waals surface area contributed by atoms with Crippen LogP contribution in [0.3, 0.4) is 0 Å². The van der Waals surface area contributed by atoms with Crippen LogP contribution in [0.1, 0.15) is 22.0 Å². The smallest absolute Gasteiger partial charge is 0.337 e. The van der Waals surface area contributed by atoms with E-state index in [2.05, 4.69) is 5.32 Å². The number of nitrogens with one attached hydrogen (secondary N) is 1. The van der Waals surface area contributed by atoms with E-state index in [9.17, 15) is 18.0 Å². The van der Waals surface area contributed by atoms with Crippen LogP contribution in [-0.2, 0) is 0 Å². The lowest BCUT2D eigenvalue weighted by Gasteiger charge is -2.22. The Hall–Kier alpha value is -2.82. The average molecular weight is 329 g/mol. The molecule has 0 radical (unpaired) electrons. The lowest BCUT2D eigenvalue weighted by atomic mass is 10.0. The number of alkyl halides is 3. The summed E-state index contributed by atoms with van der Waals surface area (Å²) in [6, 6.07) is 17.5. The number of hydrogen-bond donors (Lipinski definition) is 1. The highest BCUT2D eigenvalue weighted by Crippen LogP contribution is 2.32. The van der Waals surface area contributed by atoms with Gasteiger partial charge in [-0.15, -0.1) is 0 Å². The SMILES string of the molecule is O=C(NC(c1ccccc1)C(F)(F)F)c1ccc2ccccc2c1. The third-order valence-electron chi connectivity index (χ3n) is 3.75. The molecule has 3 aromatic carbocycles. The zero-order valence-electron chi connectivity index (χ0n) is 12.5. The maximum absolute atomic E-state index is 13.3. The van der Waals surface area contributed by atoms with Crippen LogP contribution < -0.4 is 5.32 Å². The van der Waals surface area contributed by atoms with Crippen LogP contribution in [0.5, 0.6) is 0 Å². The minimum absolute atomic E-state index is 0.000797. The van der Waals surface area contributed by atoms with Gasteiger partial charge in [-0.2, -0.15) is 13.2 Å². The first-order chi connectivity index (χ1) is 11.4. The fourth-order valence-electron chi connectivity index (χ4n) is 2.54. The van der Waals surface area contributed by atoms with Gasteiger partial charge in [0.05, 0.1) is 0 Å². The summed E-state index contributed by atoms with van der Waals surface area (Å²) in [4.78, 5) is 12.3. The number of carbonyl (C=O) groups excluding carboxylic acids is 1. The number of fused-ring (bicyclic) bond motifs is 1. The van der Waals surface area contributed by atoms with Crippen LogP contribution >= 0.6 is 0 Å². The van der Waals surface area contributed by atoms with Gasteiger partial charge in [0.15, 0.2) is 6.04 Å². The van der Waals surface area contributed by atoms with Crippen LogP contribution in [0.2, 0.25) is 0 Å². The Kier molecular flexibility index (Phi) is 4.25. The van der Waals surface area contributed by atoms with Gasteiger partial charge in [-0.1, -0.05) is 60.7 Å². The average Bonchev–Trinajstić information content (AvgIpc) is 2.58. The lowest BCUT2D eigenvalue weighted by Crippen LogP contribution is -2.38. The van der Waals surface area contributed by atoms with Gasteiger partial charge in [-0.3, -0.25) is 4.79 Å². The van der Waals surface area contributed by atoms with Crippen LogP contribution in [0, 0.1) is 0 Å². The Morgan fingerprint density at radius 2 is 1.46 bits per heavy atom. The van der Waals surface area contributed by atoms with Gasteiger partial charge >= 0.3 is 6.18 Å². The zero-order chi connectivity index (χ0) is 17.2. The van der Waals surface area contributed by atoms with E-state index in [0.717, 1.165) is 10.8 Å². The van der Waals surface area contributed by atoms with Crippen molar-refractivity contribution in [3.05, 3.63) is 83.9 Å². The van der Waals surface area contributed by atoms with Gasteiger partial charge in [0, 0.05) is 5.56 Å². The molecule has 24 heavy (non-hydrogen) atoms. The van der Waals surface area contributed by atoms with Crippen molar-refractivity contribution in [2.45, 2.75) is 12.2 Å². The molecule has 0 saturated heterocycles. The summed E-state index contributed by atoms with van der Waals surface area (Å²) < 4.78 is 40.0. The maximum Gasteiger partial charge on any atom is 0.412 e. The molecule has 0 fully saturated rings. The molecule has 0 heterocycles. The molecule has 0 aliphatic rings. The van der Waals surface area contributed by atoms with Gasteiger partial charge in [-0.05, 0) is 28.5 Å². The summed E-state index contributed by atoms with van der Waals surface area (Å²) in [6.07, 6.45) is -4.58. The summed E-state index contributed by atoms with van der Waals surface area (Å²) in [5.41, 5.74) is 0.193. The number of hydrogen-bond acceptors (Lipinski definition) is 1. The second kappa shape index (κ2) is 6.35. The molecule has 5 heteroatoms. The molecule has 0 aliphatic heterocycles. The number of rotatable bonds is 3. The molecular formula is C19H14F3NO. The number of halogens is 3. The van der Waals surface area contributed by atoms with Gasteiger partial charge in [-0.25, -0.2) is 0 Å². The topological polar surface area (TPSA) is 29.1 Å². The standard InChI is InChI=1S/C19H14F3NO/c20-19(21,22)17(14-7-2-1-3-8-14)23-18(24)16-11-10-13-6-4-5-9-15(13)12-16/h1-12,17H,(H,23,24). The fourth-order valence-corrected chi connectivity index (χ4v) is 2.54. The lowest BCUT2D eigenvalue weighted by molar-refractivity contribution is -0.155. The summed E-state index contributed by atoms with van der Waals surface area (Å²) in [5.74, 6) is -0.757. The molecule has 1 N–H and O–H groups in total. The van der Waals surface area contributed by atoms with E-state index < -0.39 is 18.1 Å². The molecule has 3 rings (SSSR count). The molecular weight excluding hydrogens is 315 g/mol. The summed E-state index contributed by atoms with van der Waals surface area (Å²) in [7, 11) is 0. The molecule has 1 unspecified atom stereocenters. The number of benzene rings is 3. The third-order valence-corrected chi connectivity index (χ3v) is 3.75. The van der Waals surface area contributed by atoms with Crippen molar-refractivity contribution in [2.24, 2.45) is 0 Å². The minimum atomic E-state index is -4.58. The molecule has 0 aromatic heterocycles. The van der Waals surface area contributed by atoms with Crippen LogP contribution in [0.15, 0.2) is 72.8 Å². The Labute approximate surface area is 136 Å². The first-order valence-corrected chi connectivity index (χ1v) is 7.36. The highest BCUT2D eigenvalue weighted by atomic mass is 19.4. The first-order valence-electron chi connectivity index (χ1n) is 7.36. The van der Waals surface area contributed by atoms with Crippen molar-refractivity contribution in [3.8, 4) is 0 Å². The Morgan fingerprint density at radius 1 is 0.833 bits per heavy atom. The van der Waals surface area contributed by atoms with E-state index in [4.69, 9.17) is 0 Å². The maximum atomic E-state index is 13.3. The zero-order valence-corrected chi connectivity index (χ0v) is 12.5. The summed E-state index contributed by atoms with van der Waals surface area (Å²) >= 11 is 0. The van der Waals surface area contributed by atoms with E-state index in [1.54, 1.807) is 18.2 Å². The summed E-state index contributed by atoms with van der Waals surface area (Å²) in [6.45, 7) is 0. The number of amides is 1. The van der Waals surface area contributed by atoms with Gasteiger partial charge in [0.1, 0.15) is 0 Å². The molecule has 1 atom stereocenters. The first kappa shape index (κ1) is 16.1. The highest BCUT2D eigenvalue weighted by molar-refractivity contribution is 5.98. The quantitative estimate of drug-likeness (QED) is 0.729. The largest absolute Gasteiger partial charge is 0.412 e. The third kappa shape index (κ3) is 3.40. The van der Waals surface area contributed by atoms with E-state index >= 15 is 0 Å². The molecule has 122 valence electrons. The normalized spacial score (nSPS) is 12.8. The van der Waals surface area contributed by atoms with Gasteiger partial charge in [0.25, 0.3) is 5.91 Å². The second-order valence-electron chi connectivity index (χ2n) is 5.42. The molecule has 2 nitrogen and oxygen atoms in total. The molecule has 0 saturated carbocycles. The molecule has 1 amide bonds. The van der Waals surface area contributed by atoms with Crippen LogP contribution in [0.4, 0.5) is 13.2 Å². The summed E-state index contributed by atoms with van der Waals surface area (Å²) in [5, 5.41) is 3.81. The van der Waals surface area contributed by atoms with Crippen molar-refractivity contribution in [3.63, 3.8) is 0 Å². The molecule has 0 bridgehead atoms. The van der Waals surface area contributed by atoms with Crippen LogP contribution in [0.25, 0.3) is 10.8 Å². The fraction of sp³-hybridized carbons (Fsp3) is 0.105. The number of carbonyl (C=O) groups is 1. The second-order valence-corrected chi connectivity index (χ2v) is 5.42. The Balaban J connectivity index is 1.90. The predicted octanol–water partition coefficient (Wildman–Crippen LogP) is 4.87. The van der Waals surface area contributed by atoms with E-state index in [0.29, 0.717) is 0 Å². The van der Waals surface area contributed by atoms with Gasteiger partial charge < -0.3 is 5.32 Å². The Morgan fingerprint density at radius 3 is 2.12 bits per heavy atom. The van der Waals surface area contributed by atoms with Gasteiger partial charge in [0.2, 0.25) is 0 Å². The monoisotopic (exact) mass is 329 g/mol. The van der Waals surface area contributed by atoms with E-state index in [-0.39, 0.29) is 11.1 Å². The highest BCUT2D eigenvalue weighted by Gasteiger charge is 2.41. The Bertz CT molecular complexity index is 859. The molecule has 0 spiro atoms. The predicted molar refractivity (Wildman–Crippen MR) is 86.7 cm³/mol. The molecule has 3 aromatic rings. The molecule has 0 aliphatic carbocycles. The van der Waals surface area contributed by atoms with Crippen molar-refractivity contribution in [1.82, 2.24) is 5.32 Å². The minimum Gasteiger partial charge on any atom is -0.337 e. The van der Waals surface area contributed by atoms with Crippen molar-refractivity contribution in [2.75, 3.05) is 0 Å². The van der Waals surface area contributed by atoms with E-state index in [1.165, 1.54) is 30.3 Å².